The van der Waals surface area contributed by atoms with E-state index in [2.05, 4.69) is 12.6 Å². The van der Waals surface area contributed by atoms with Gasteiger partial charge in [0, 0.05) is 21.6 Å². The second-order valence-corrected chi connectivity index (χ2v) is 5.27. The van der Waals surface area contributed by atoms with Gasteiger partial charge in [-0.05, 0) is 11.8 Å². The zero-order chi connectivity index (χ0) is 12.1. The van der Waals surface area contributed by atoms with Crippen molar-refractivity contribution < 1.29 is 13.2 Å². The molecule has 0 aromatic heterocycles. The van der Waals surface area contributed by atoms with Gasteiger partial charge in [0.2, 0.25) is 0 Å². The standard InChI is InChI=1S/C11H11F3S2/c1-5-6(8-9(15)10(8)16)3-2-4-7(5)11(12,13)14/h2-6,8-9,15H,1H3. The van der Waals surface area contributed by atoms with Crippen LogP contribution in [0.1, 0.15) is 6.92 Å². The van der Waals surface area contributed by atoms with Gasteiger partial charge in [-0.3, -0.25) is 0 Å². The number of rotatable bonds is 1. The van der Waals surface area contributed by atoms with Crippen LogP contribution in [0.25, 0.3) is 0 Å². The lowest BCUT2D eigenvalue weighted by atomic mass is 9.80. The predicted molar refractivity (Wildman–Crippen MR) is 64.8 cm³/mol. The molecule has 4 atom stereocenters. The lowest BCUT2D eigenvalue weighted by Gasteiger charge is -2.27. The number of thiol groups is 1. The molecule has 0 aliphatic heterocycles. The van der Waals surface area contributed by atoms with Crippen LogP contribution in [0.3, 0.4) is 0 Å². The van der Waals surface area contributed by atoms with Gasteiger partial charge in [-0.2, -0.15) is 25.8 Å². The van der Waals surface area contributed by atoms with Crippen molar-refractivity contribution in [3.8, 4) is 0 Å². The van der Waals surface area contributed by atoms with E-state index in [0.717, 1.165) is 10.9 Å². The second-order valence-electron chi connectivity index (χ2n) is 4.24. The maximum atomic E-state index is 12.7. The first-order valence-electron chi connectivity index (χ1n) is 5.01. The molecule has 0 spiro atoms. The number of alkyl halides is 3. The minimum absolute atomic E-state index is 0.0142. The average Bonchev–Trinajstić information content (AvgIpc) is 2.74. The highest BCUT2D eigenvalue weighted by Gasteiger charge is 2.51. The van der Waals surface area contributed by atoms with Gasteiger partial charge in [-0.25, -0.2) is 0 Å². The fourth-order valence-corrected chi connectivity index (χ4v) is 3.16. The summed E-state index contributed by atoms with van der Waals surface area (Å²) in [5, 5.41) is -0.0142. The van der Waals surface area contributed by atoms with Crippen molar-refractivity contribution in [2.75, 3.05) is 0 Å². The first-order chi connectivity index (χ1) is 7.34. The van der Waals surface area contributed by atoms with Gasteiger partial charge < -0.3 is 0 Å². The summed E-state index contributed by atoms with van der Waals surface area (Å²) in [6.07, 6.45) is 0.202. The summed E-state index contributed by atoms with van der Waals surface area (Å²) >= 11 is 9.29. The molecule has 2 aliphatic carbocycles. The summed E-state index contributed by atoms with van der Waals surface area (Å²) in [5.74, 6) is -0.669. The topological polar surface area (TPSA) is 0 Å². The number of halogens is 3. The Kier molecular flexibility index (Phi) is 2.95. The molecule has 5 heteroatoms. The highest BCUT2D eigenvalue weighted by atomic mass is 32.1. The van der Waals surface area contributed by atoms with Crippen molar-refractivity contribution >= 4 is 29.7 Å². The van der Waals surface area contributed by atoms with Gasteiger partial charge in [0.05, 0.1) is 0 Å². The Hall–Kier alpha value is -0.290. The molecule has 2 rings (SSSR count). The summed E-state index contributed by atoms with van der Waals surface area (Å²) in [5.41, 5.74) is -0.463. The molecule has 0 aromatic rings. The molecule has 0 amide bonds. The van der Waals surface area contributed by atoms with Crippen LogP contribution in [0.2, 0.25) is 0 Å². The molecule has 16 heavy (non-hydrogen) atoms. The Morgan fingerprint density at radius 3 is 2.38 bits per heavy atom. The molecule has 0 radical (unpaired) electrons. The molecule has 0 saturated heterocycles. The molecule has 4 unspecified atom stereocenters. The van der Waals surface area contributed by atoms with E-state index in [-0.39, 0.29) is 17.1 Å². The number of hydrogen-bond acceptors (Lipinski definition) is 2. The largest absolute Gasteiger partial charge is 0.412 e. The molecule has 0 bridgehead atoms. The molecule has 0 N–H and O–H groups in total. The van der Waals surface area contributed by atoms with Crippen LogP contribution in [0.5, 0.6) is 0 Å². The SMILES string of the molecule is CC1C(C(F)(F)F)=CC=CC1C1C(=S)C1S. The van der Waals surface area contributed by atoms with Crippen molar-refractivity contribution in [3.63, 3.8) is 0 Å². The van der Waals surface area contributed by atoms with Gasteiger partial charge in [-0.1, -0.05) is 37.4 Å². The lowest BCUT2D eigenvalue weighted by molar-refractivity contribution is -0.100. The quantitative estimate of drug-likeness (QED) is 0.558. The number of hydrogen-bond donors (Lipinski definition) is 1. The summed E-state index contributed by atoms with van der Waals surface area (Å²) < 4.78 is 38.1. The zero-order valence-electron chi connectivity index (χ0n) is 8.53. The summed E-state index contributed by atoms with van der Waals surface area (Å²) in [6.45, 7) is 1.61. The van der Waals surface area contributed by atoms with Gasteiger partial charge in [0.1, 0.15) is 0 Å². The van der Waals surface area contributed by atoms with E-state index in [1.807, 2.05) is 6.08 Å². The molecule has 2 aliphatic rings. The third kappa shape index (κ3) is 1.95. The van der Waals surface area contributed by atoms with Crippen molar-refractivity contribution in [1.29, 1.82) is 0 Å². The minimum Gasteiger partial charge on any atom is -0.170 e. The Morgan fingerprint density at radius 2 is 1.94 bits per heavy atom. The van der Waals surface area contributed by atoms with E-state index in [9.17, 15) is 13.2 Å². The van der Waals surface area contributed by atoms with Crippen LogP contribution >= 0.6 is 24.8 Å². The summed E-state index contributed by atoms with van der Waals surface area (Å²) in [7, 11) is 0. The number of thiocarbonyl (C=S) groups is 1. The van der Waals surface area contributed by atoms with Crippen molar-refractivity contribution in [2.45, 2.75) is 18.3 Å². The number of allylic oxidation sites excluding steroid dienone is 4. The van der Waals surface area contributed by atoms with E-state index < -0.39 is 17.7 Å². The van der Waals surface area contributed by atoms with Crippen molar-refractivity contribution in [3.05, 3.63) is 23.8 Å². The third-order valence-electron chi connectivity index (χ3n) is 3.27. The maximum absolute atomic E-state index is 12.7. The molecule has 0 heterocycles. The van der Waals surface area contributed by atoms with E-state index in [1.165, 1.54) is 6.08 Å². The molecule has 0 nitrogen and oxygen atoms in total. The normalized spacial score (nSPS) is 38.6. The van der Waals surface area contributed by atoms with E-state index in [1.54, 1.807) is 6.92 Å². The zero-order valence-corrected chi connectivity index (χ0v) is 10.2. The molecule has 88 valence electrons. The van der Waals surface area contributed by atoms with Crippen molar-refractivity contribution in [2.24, 2.45) is 17.8 Å². The first kappa shape index (κ1) is 12.2. The van der Waals surface area contributed by atoms with Crippen molar-refractivity contribution in [1.82, 2.24) is 0 Å². The lowest BCUT2D eigenvalue weighted by Crippen LogP contribution is -2.26. The van der Waals surface area contributed by atoms with Crippen LogP contribution in [0, 0.1) is 17.8 Å². The Labute approximate surface area is 103 Å². The highest BCUT2D eigenvalue weighted by molar-refractivity contribution is 7.88. The van der Waals surface area contributed by atoms with Gasteiger partial charge in [-0.15, -0.1) is 0 Å². The first-order valence-corrected chi connectivity index (χ1v) is 5.94. The van der Waals surface area contributed by atoms with Crippen LogP contribution in [0.15, 0.2) is 23.8 Å². The van der Waals surface area contributed by atoms with Gasteiger partial charge in [0.25, 0.3) is 0 Å². The maximum Gasteiger partial charge on any atom is 0.412 e. The van der Waals surface area contributed by atoms with Gasteiger partial charge >= 0.3 is 6.18 Å². The monoisotopic (exact) mass is 264 g/mol. The Balaban J connectivity index is 2.20. The van der Waals surface area contributed by atoms with E-state index in [4.69, 9.17) is 12.2 Å². The van der Waals surface area contributed by atoms with E-state index in [0.29, 0.717) is 0 Å². The Morgan fingerprint density at radius 1 is 1.38 bits per heavy atom. The summed E-state index contributed by atoms with van der Waals surface area (Å²) in [4.78, 5) is 0.785. The summed E-state index contributed by atoms with van der Waals surface area (Å²) in [6, 6.07) is 0. The molecular formula is C11H11F3S2. The predicted octanol–water partition coefficient (Wildman–Crippen LogP) is 3.60. The fourth-order valence-electron chi connectivity index (χ4n) is 2.24. The second kappa shape index (κ2) is 3.88. The molecule has 1 saturated carbocycles. The average molecular weight is 264 g/mol. The fraction of sp³-hybridized carbons (Fsp3) is 0.545. The minimum atomic E-state index is -4.25. The van der Waals surface area contributed by atoms with Crippen LogP contribution < -0.4 is 0 Å². The molecular weight excluding hydrogens is 253 g/mol. The van der Waals surface area contributed by atoms with Crippen LogP contribution in [-0.2, 0) is 0 Å². The van der Waals surface area contributed by atoms with E-state index >= 15 is 0 Å². The third-order valence-corrected chi connectivity index (χ3v) is 4.57. The van der Waals surface area contributed by atoms with Crippen LogP contribution in [0.4, 0.5) is 13.2 Å². The molecule has 1 fully saturated rings. The molecule has 0 aromatic carbocycles. The van der Waals surface area contributed by atoms with Crippen LogP contribution in [-0.4, -0.2) is 16.3 Å². The Bertz CT molecular complexity index is 381. The van der Waals surface area contributed by atoms with Gasteiger partial charge in [0.15, 0.2) is 0 Å². The highest BCUT2D eigenvalue weighted by Crippen LogP contribution is 2.48. The smallest absolute Gasteiger partial charge is 0.170 e.